The number of carbonyl (C=O) groups excluding carboxylic acids is 1. The molecule has 0 spiro atoms. The van der Waals surface area contributed by atoms with Crippen LogP contribution in [0.1, 0.15) is 25.0 Å². The van der Waals surface area contributed by atoms with Gasteiger partial charge in [0.1, 0.15) is 12.1 Å². The van der Waals surface area contributed by atoms with E-state index in [0.29, 0.717) is 12.2 Å². The summed E-state index contributed by atoms with van der Waals surface area (Å²) < 4.78 is 0. The first kappa shape index (κ1) is 13.6. The third-order valence-corrected chi connectivity index (χ3v) is 3.34. The fraction of sp³-hybridized carbons (Fsp3) is 0.286. The second kappa shape index (κ2) is 5.02. The molecule has 1 aliphatic rings. The highest BCUT2D eigenvalue weighted by Crippen LogP contribution is 2.34. The van der Waals surface area contributed by atoms with Crippen LogP contribution in [0.4, 0.5) is 5.69 Å². The molecule has 1 heterocycles. The largest absolute Gasteiger partial charge is 0.351 e. The minimum atomic E-state index is -0.623. The van der Waals surface area contributed by atoms with Crippen LogP contribution in [-0.2, 0) is 16.8 Å². The SMILES string of the molecule is CC1(C)C(=O)NCc2c(NN=C(C#N)C#N)cccc21. The van der Waals surface area contributed by atoms with Crippen molar-refractivity contribution in [3.8, 4) is 12.1 Å². The normalized spacial score (nSPS) is 15.1. The van der Waals surface area contributed by atoms with Crippen LogP contribution in [0.15, 0.2) is 23.3 Å². The standard InChI is InChI=1S/C14H13N5O/c1-14(2)11-4-3-5-12(10(11)8-17-13(14)20)19-18-9(6-15)7-16/h3-5,19H,8H2,1-2H3,(H,17,20). The first-order valence-electron chi connectivity index (χ1n) is 6.05. The molecule has 2 rings (SSSR count). The number of nitrogens with zero attached hydrogens (tertiary/aromatic N) is 3. The molecule has 0 aromatic heterocycles. The summed E-state index contributed by atoms with van der Waals surface area (Å²) in [7, 11) is 0. The maximum absolute atomic E-state index is 11.9. The van der Waals surface area contributed by atoms with E-state index in [1.807, 2.05) is 26.0 Å². The number of benzene rings is 1. The van der Waals surface area contributed by atoms with Crippen LogP contribution in [0.5, 0.6) is 0 Å². The van der Waals surface area contributed by atoms with Crippen LogP contribution in [0.2, 0.25) is 0 Å². The summed E-state index contributed by atoms with van der Waals surface area (Å²) in [6, 6.07) is 8.87. The number of nitriles is 2. The van der Waals surface area contributed by atoms with Gasteiger partial charge in [-0.15, -0.1) is 0 Å². The Bertz CT molecular complexity index is 660. The van der Waals surface area contributed by atoms with Crippen LogP contribution in [0.3, 0.4) is 0 Å². The van der Waals surface area contributed by atoms with Crippen LogP contribution in [0, 0.1) is 22.7 Å². The predicted octanol–water partition coefficient (Wildman–Crippen LogP) is 1.41. The lowest BCUT2D eigenvalue weighted by molar-refractivity contribution is -0.126. The number of nitrogens with one attached hydrogen (secondary N) is 2. The van der Waals surface area contributed by atoms with Gasteiger partial charge in [-0.2, -0.15) is 15.6 Å². The van der Waals surface area contributed by atoms with Crippen molar-refractivity contribution in [2.24, 2.45) is 5.10 Å². The number of carbonyl (C=O) groups is 1. The molecule has 0 atom stereocenters. The van der Waals surface area contributed by atoms with Gasteiger partial charge in [0.15, 0.2) is 0 Å². The summed E-state index contributed by atoms with van der Waals surface area (Å²) in [5.74, 6) is -0.0274. The zero-order valence-electron chi connectivity index (χ0n) is 11.2. The molecule has 6 nitrogen and oxygen atoms in total. The number of rotatable bonds is 2. The lowest BCUT2D eigenvalue weighted by Crippen LogP contribution is -2.44. The molecule has 1 aromatic carbocycles. The van der Waals surface area contributed by atoms with Crippen LogP contribution < -0.4 is 10.7 Å². The lowest BCUT2D eigenvalue weighted by atomic mass is 9.78. The molecule has 0 radical (unpaired) electrons. The summed E-state index contributed by atoms with van der Waals surface area (Å²) in [6.07, 6.45) is 0. The third-order valence-electron chi connectivity index (χ3n) is 3.34. The van der Waals surface area contributed by atoms with Gasteiger partial charge in [-0.05, 0) is 25.5 Å². The summed E-state index contributed by atoms with van der Waals surface area (Å²) in [5.41, 5.74) is 4.35. The van der Waals surface area contributed by atoms with Crippen LogP contribution in [-0.4, -0.2) is 11.6 Å². The van der Waals surface area contributed by atoms with E-state index in [1.165, 1.54) is 0 Å². The Kier molecular flexibility index (Phi) is 3.41. The first-order valence-corrected chi connectivity index (χ1v) is 6.05. The fourth-order valence-electron chi connectivity index (χ4n) is 2.17. The van der Waals surface area contributed by atoms with Crippen molar-refractivity contribution >= 4 is 17.3 Å². The van der Waals surface area contributed by atoms with Gasteiger partial charge in [0.25, 0.3) is 0 Å². The maximum atomic E-state index is 11.9. The number of hydrazone groups is 1. The highest BCUT2D eigenvalue weighted by Gasteiger charge is 2.36. The van der Waals surface area contributed by atoms with Gasteiger partial charge < -0.3 is 5.32 Å². The van der Waals surface area contributed by atoms with E-state index < -0.39 is 5.41 Å². The van der Waals surface area contributed by atoms with Crippen molar-refractivity contribution in [1.29, 1.82) is 10.5 Å². The van der Waals surface area contributed by atoms with Gasteiger partial charge >= 0.3 is 0 Å². The minimum absolute atomic E-state index is 0.0274. The lowest BCUT2D eigenvalue weighted by Gasteiger charge is -2.32. The second-order valence-corrected chi connectivity index (χ2v) is 4.94. The zero-order valence-corrected chi connectivity index (χ0v) is 11.2. The number of hydrogen-bond acceptors (Lipinski definition) is 5. The summed E-state index contributed by atoms with van der Waals surface area (Å²) >= 11 is 0. The van der Waals surface area contributed by atoms with E-state index in [2.05, 4.69) is 15.8 Å². The fourth-order valence-corrected chi connectivity index (χ4v) is 2.17. The molecule has 0 bridgehead atoms. The van der Waals surface area contributed by atoms with Gasteiger partial charge in [0.05, 0.1) is 11.1 Å². The summed E-state index contributed by atoms with van der Waals surface area (Å²) in [4.78, 5) is 11.9. The Morgan fingerprint density at radius 2 is 2.10 bits per heavy atom. The van der Waals surface area contributed by atoms with Crippen molar-refractivity contribution in [1.82, 2.24) is 5.32 Å². The topological polar surface area (TPSA) is 101 Å². The molecular formula is C14H13N5O. The Balaban J connectivity index is 2.43. The monoisotopic (exact) mass is 267 g/mol. The number of anilines is 1. The van der Waals surface area contributed by atoms with E-state index in [-0.39, 0.29) is 11.6 Å². The van der Waals surface area contributed by atoms with Gasteiger partial charge in [0, 0.05) is 12.1 Å². The van der Waals surface area contributed by atoms with Crippen molar-refractivity contribution in [2.45, 2.75) is 25.8 Å². The Morgan fingerprint density at radius 1 is 1.40 bits per heavy atom. The van der Waals surface area contributed by atoms with Gasteiger partial charge in [-0.1, -0.05) is 12.1 Å². The average Bonchev–Trinajstić information content (AvgIpc) is 2.44. The van der Waals surface area contributed by atoms with E-state index in [1.54, 1.807) is 18.2 Å². The average molecular weight is 267 g/mol. The number of hydrogen-bond donors (Lipinski definition) is 2. The molecule has 20 heavy (non-hydrogen) atoms. The molecule has 100 valence electrons. The highest BCUT2D eigenvalue weighted by atomic mass is 16.2. The molecule has 1 aliphatic heterocycles. The van der Waals surface area contributed by atoms with Gasteiger partial charge in [0.2, 0.25) is 11.6 Å². The van der Waals surface area contributed by atoms with Crippen LogP contribution in [0.25, 0.3) is 0 Å². The first-order chi connectivity index (χ1) is 9.50. The summed E-state index contributed by atoms with van der Waals surface area (Å²) in [5, 5.41) is 23.9. The quantitative estimate of drug-likeness (QED) is 0.624. The summed E-state index contributed by atoms with van der Waals surface area (Å²) in [6.45, 7) is 4.09. The van der Waals surface area contributed by atoms with E-state index >= 15 is 0 Å². The van der Waals surface area contributed by atoms with E-state index in [4.69, 9.17) is 10.5 Å². The van der Waals surface area contributed by atoms with E-state index in [9.17, 15) is 4.79 Å². The highest BCUT2D eigenvalue weighted by molar-refractivity contribution is 6.10. The van der Waals surface area contributed by atoms with Crippen molar-refractivity contribution in [3.05, 3.63) is 29.3 Å². The van der Waals surface area contributed by atoms with Gasteiger partial charge in [-0.25, -0.2) is 0 Å². The van der Waals surface area contributed by atoms with Crippen molar-refractivity contribution < 1.29 is 4.79 Å². The van der Waals surface area contributed by atoms with Crippen molar-refractivity contribution in [2.75, 3.05) is 5.43 Å². The minimum Gasteiger partial charge on any atom is -0.351 e. The van der Waals surface area contributed by atoms with E-state index in [0.717, 1.165) is 11.1 Å². The molecule has 0 unspecified atom stereocenters. The molecule has 0 saturated heterocycles. The van der Waals surface area contributed by atoms with Gasteiger partial charge in [-0.3, -0.25) is 10.2 Å². The maximum Gasteiger partial charge on any atom is 0.237 e. The Morgan fingerprint density at radius 3 is 2.75 bits per heavy atom. The molecule has 0 saturated carbocycles. The smallest absolute Gasteiger partial charge is 0.237 e. The molecule has 1 amide bonds. The Labute approximate surface area is 116 Å². The predicted molar refractivity (Wildman–Crippen MR) is 73.6 cm³/mol. The van der Waals surface area contributed by atoms with Crippen molar-refractivity contribution in [3.63, 3.8) is 0 Å². The molecule has 1 aromatic rings. The molecule has 6 heteroatoms. The zero-order chi connectivity index (χ0) is 14.8. The third kappa shape index (κ3) is 2.19. The second-order valence-electron chi connectivity index (χ2n) is 4.94. The number of amides is 1. The molecule has 0 aliphatic carbocycles. The molecule has 2 N–H and O–H groups in total. The molecular weight excluding hydrogens is 254 g/mol. The van der Waals surface area contributed by atoms with Crippen LogP contribution >= 0.6 is 0 Å². The number of fused-ring (bicyclic) bond motifs is 1. The molecule has 0 fully saturated rings. The Hall–Kier alpha value is -2.86.